The highest BCUT2D eigenvalue weighted by atomic mass is 15.1. The van der Waals surface area contributed by atoms with Crippen molar-refractivity contribution in [2.24, 2.45) is 0 Å². The number of benzene rings is 1. The second-order valence-corrected chi connectivity index (χ2v) is 7.87. The van der Waals surface area contributed by atoms with Crippen LogP contribution < -0.4 is 5.73 Å². The molecule has 1 fully saturated rings. The van der Waals surface area contributed by atoms with Gasteiger partial charge in [-0.2, -0.15) is 0 Å². The maximum Gasteiger partial charge on any atom is 0.140 e. The molecule has 1 aliphatic heterocycles. The summed E-state index contributed by atoms with van der Waals surface area (Å²) < 4.78 is 2.38. The largest absolute Gasteiger partial charge is 0.398 e. The van der Waals surface area contributed by atoms with Gasteiger partial charge in [-0.05, 0) is 81.1 Å². The number of nitrogen functional groups attached to an aromatic ring is 1. The Morgan fingerprint density at radius 2 is 1.88 bits per heavy atom. The summed E-state index contributed by atoms with van der Waals surface area (Å²) in [4.78, 5) is 7.14. The Balaban J connectivity index is 1.60. The van der Waals surface area contributed by atoms with Crippen LogP contribution in [-0.2, 0) is 12.8 Å². The van der Waals surface area contributed by atoms with Crippen molar-refractivity contribution < 1.29 is 0 Å². The summed E-state index contributed by atoms with van der Waals surface area (Å²) in [5.41, 5.74) is 13.8. The standard InChI is InChI=1S/C22H26N4/c1-25-12-8-16(9-13-25)26-14-10-20-18(7-11-24-22(20)26)19-6-5-15-3-2-4-17(15)21(19)23/h5-7,10-11,14,16H,2-4,8-9,12-13,23H2,1H3. The van der Waals surface area contributed by atoms with Gasteiger partial charge in [0.05, 0.1) is 0 Å². The molecule has 0 unspecified atom stereocenters. The Kier molecular flexibility index (Phi) is 3.75. The molecule has 0 amide bonds. The lowest BCUT2D eigenvalue weighted by Gasteiger charge is -2.30. The summed E-state index contributed by atoms with van der Waals surface area (Å²) in [5.74, 6) is 0. The first-order chi connectivity index (χ1) is 12.7. The zero-order valence-electron chi connectivity index (χ0n) is 15.4. The van der Waals surface area contributed by atoms with E-state index in [0.29, 0.717) is 6.04 Å². The maximum atomic E-state index is 6.59. The lowest BCUT2D eigenvalue weighted by molar-refractivity contribution is 0.223. The van der Waals surface area contributed by atoms with Crippen molar-refractivity contribution in [2.45, 2.75) is 38.1 Å². The van der Waals surface area contributed by atoms with E-state index in [-0.39, 0.29) is 0 Å². The Morgan fingerprint density at radius 1 is 1.04 bits per heavy atom. The third kappa shape index (κ3) is 2.43. The van der Waals surface area contributed by atoms with E-state index in [9.17, 15) is 0 Å². The quantitative estimate of drug-likeness (QED) is 0.712. The van der Waals surface area contributed by atoms with Gasteiger partial charge in [0.1, 0.15) is 5.65 Å². The summed E-state index contributed by atoms with van der Waals surface area (Å²) in [5, 5.41) is 1.22. The molecule has 1 aliphatic carbocycles. The number of rotatable bonds is 2. The second-order valence-electron chi connectivity index (χ2n) is 7.87. The summed E-state index contributed by atoms with van der Waals surface area (Å²) in [6.07, 6.45) is 10.0. The molecule has 134 valence electrons. The first-order valence-corrected chi connectivity index (χ1v) is 9.77. The number of nitrogens with two attached hydrogens (primary N) is 1. The monoisotopic (exact) mass is 346 g/mol. The number of nitrogens with zero attached hydrogens (tertiary/aromatic N) is 3. The Hall–Kier alpha value is -2.33. The van der Waals surface area contributed by atoms with Crippen LogP contribution in [0, 0.1) is 0 Å². The van der Waals surface area contributed by atoms with Crippen LogP contribution in [-0.4, -0.2) is 34.6 Å². The van der Waals surface area contributed by atoms with Gasteiger partial charge >= 0.3 is 0 Å². The minimum Gasteiger partial charge on any atom is -0.398 e. The summed E-state index contributed by atoms with van der Waals surface area (Å²) in [6, 6.07) is 9.37. The van der Waals surface area contributed by atoms with E-state index in [1.807, 2.05) is 6.20 Å². The van der Waals surface area contributed by atoms with Crippen LogP contribution in [0.3, 0.4) is 0 Å². The average Bonchev–Trinajstić information content (AvgIpc) is 3.30. The van der Waals surface area contributed by atoms with Crippen molar-refractivity contribution in [3.05, 3.63) is 47.8 Å². The third-order valence-corrected chi connectivity index (χ3v) is 6.31. The lowest BCUT2D eigenvalue weighted by atomic mass is 9.96. The summed E-state index contributed by atoms with van der Waals surface area (Å²) in [7, 11) is 2.21. The van der Waals surface area contributed by atoms with Crippen LogP contribution in [0.2, 0.25) is 0 Å². The molecular weight excluding hydrogens is 320 g/mol. The van der Waals surface area contributed by atoms with E-state index in [1.54, 1.807) is 0 Å². The second kappa shape index (κ2) is 6.13. The van der Waals surface area contributed by atoms with Gasteiger partial charge in [0.15, 0.2) is 0 Å². The molecule has 26 heavy (non-hydrogen) atoms. The van der Waals surface area contributed by atoms with Gasteiger partial charge < -0.3 is 15.2 Å². The predicted octanol–water partition coefficient (Wildman–Crippen LogP) is 4.04. The fourth-order valence-electron chi connectivity index (χ4n) is 4.79. The van der Waals surface area contributed by atoms with Gasteiger partial charge in [-0.15, -0.1) is 0 Å². The SMILES string of the molecule is CN1CCC(n2ccc3c(-c4ccc5c(c4N)CCC5)ccnc32)CC1. The molecule has 0 spiro atoms. The van der Waals surface area contributed by atoms with Crippen LogP contribution in [0.4, 0.5) is 5.69 Å². The van der Waals surface area contributed by atoms with Crippen molar-refractivity contribution in [1.29, 1.82) is 0 Å². The molecule has 2 aromatic heterocycles. The first-order valence-electron chi connectivity index (χ1n) is 9.77. The van der Waals surface area contributed by atoms with Crippen LogP contribution in [0.25, 0.3) is 22.2 Å². The lowest BCUT2D eigenvalue weighted by Crippen LogP contribution is -2.31. The molecular formula is C22H26N4. The molecule has 2 N–H and O–H groups in total. The number of hydrogen-bond acceptors (Lipinski definition) is 3. The molecule has 0 bridgehead atoms. The molecule has 0 radical (unpaired) electrons. The fourth-order valence-corrected chi connectivity index (χ4v) is 4.79. The maximum absolute atomic E-state index is 6.59. The van der Waals surface area contributed by atoms with Crippen LogP contribution >= 0.6 is 0 Å². The molecule has 4 nitrogen and oxygen atoms in total. The van der Waals surface area contributed by atoms with Gasteiger partial charge in [-0.25, -0.2) is 4.98 Å². The predicted molar refractivity (Wildman–Crippen MR) is 107 cm³/mol. The Morgan fingerprint density at radius 3 is 2.73 bits per heavy atom. The highest BCUT2D eigenvalue weighted by Crippen LogP contribution is 2.38. The number of likely N-dealkylation sites (tertiary alicyclic amines) is 1. The van der Waals surface area contributed by atoms with Crippen molar-refractivity contribution in [3.63, 3.8) is 0 Å². The molecule has 1 aromatic carbocycles. The van der Waals surface area contributed by atoms with E-state index < -0.39 is 0 Å². The average molecular weight is 346 g/mol. The van der Waals surface area contributed by atoms with E-state index in [4.69, 9.17) is 10.7 Å². The topological polar surface area (TPSA) is 47.1 Å². The zero-order chi connectivity index (χ0) is 17.7. The molecule has 0 atom stereocenters. The van der Waals surface area contributed by atoms with Gasteiger partial charge in [0.25, 0.3) is 0 Å². The molecule has 3 heterocycles. The van der Waals surface area contributed by atoms with E-state index >= 15 is 0 Å². The summed E-state index contributed by atoms with van der Waals surface area (Å²) in [6.45, 7) is 2.31. The molecule has 1 saturated heterocycles. The summed E-state index contributed by atoms with van der Waals surface area (Å²) >= 11 is 0. The first kappa shape index (κ1) is 15.9. The molecule has 5 rings (SSSR count). The third-order valence-electron chi connectivity index (χ3n) is 6.31. The number of pyridine rings is 1. The Bertz CT molecular complexity index is 964. The molecule has 4 heteroatoms. The van der Waals surface area contributed by atoms with E-state index in [1.165, 1.54) is 46.9 Å². The van der Waals surface area contributed by atoms with E-state index in [2.05, 4.69) is 47.0 Å². The molecule has 0 saturated carbocycles. The number of hydrogen-bond donors (Lipinski definition) is 1. The van der Waals surface area contributed by atoms with Gasteiger partial charge in [-0.1, -0.05) is 12.1 Å². The minimum atomic E-state index is 0.545. The van der Waals surface area contributed by atoms with Crippen LogP contribution in [0.1, 0.15) is 36.4 Å². The van der Waals surface area contributed by atoms with E-state index in [0.717, 1.165) is 37.3 Å². The normalized spacial score (nSPS) is 18.5. The van der Waals surface area contributed by atoms with Gasteiger partial charge in [-0.3, -0.25) is 0 Å². The number of anilines is 1. The van der Waals surface area contributed by atoms with Crippen molar-refractivity contribution in [1.82, 2.24) is 14.5 Å². The number of piperidine rings is 1. The van der Waals surface area contributed by atoms with Gasteiger partial charge in [0.2, 0.25) is 0 Å². The van der Waals surface area contributed by atoms with Crippen molar-refractivity contribution >= 4 is 16.7 Å². The zero-order valence-corrected chi connectivity index (χ0v) is 15.4. The van der Waals surface area contributed by atoms with Crippen molar-refractivity contribution in [2.75, 3.05) is 25.9 Å². The van der Waals surface area contributed by atoms with Gasteiger partial charge in [0, 0.05) is 35.1 Å². The van der Waals surface area contributed by atoms with Crippen molar-refractivity contribution in [3.8, 4) is 11.1 Å². The minimum absolute atomic E-state index is 0.545. The van der Waals surface area contributed by atoms with Crippen LogP contribution in [0.15, 0.2) is 36.7 Å². The Labute approximate surface area is 154 Å². The molecule has 3 aromatic rings. The number of fused-ring (bicyclic) bond motifs is 2. The van der Waals surface area contributed by atoms with Crippen LogP contribution in [0.5, 0.6) is 0 Å². The number of aryl methyl sites for hydroxylation is 1. The number of aromatic nitrogens is 2. The fraction of sp³-hybridized carbons (Fsp3) is 0.409. The highest BCUT2D eigenvalue weighted by Gasteiger charge is 2.22. The molecule has 2 aliphatic rings. The smallest absolute Gasteiger partial charge is 0.140 e. The highest BCUT2D eigenvalue weighted by molar-refractivity contribution is 5.97.